The molecule has 9 heteroatoms. The van der Waals surface area contributed by atoms with Crippen LogP contribution in [0, 0.1) is 11.6 Å². The van der Waals surface area contributed by atoms with Gasteiger partial charge in [-0.05, 0) is 97.8 Å². The highest BCUT2D eigenvalue weighted by Crippen LogP contribution is 2.22. The van der Waals surface area contributed by atoms with E-state index in [2.05, 4.69) is 10.6 Å². The molecular formula is C30H26BF2N2O4. The summed E-state index contributed by atoms with van der Waals surface area (Å²) in [6, 6.07) is 25.2. The first-order valence-electron chi connectivity index (χ1n) is 12.3. The van der Waals surface area contributed by atoms with Gasteiger partial charge in [-0.25, -0.2) is 8.78 Å². The Bertz CT molecular complexity index is 1290. The molecule has 4 rings (SSSR count). The topological polar surface area (TPSA) is 76.7 Å². The summed E-state index contributed by atoms with van der Waals surface area (Å²) in [5.74, 6) is -1.01. The molecule has 4 aromatic carbocycles. The standard InChI is InChI=1S/C30H26BF2N2O4/c1-19(21-3-7-23(32)8-4-21)29(36)34-25-11-15-27(16-12-25)38-31-39-28-17-13-26(14-18-28)35-30(37)20(2)22-5-9-24(33)10-6-22/h3-20H,1-2H3,(H,34,36)(H,35,37)/t19-,20-/m1/s1. The van der Waals surface area contributed by atoms with E-state index in [0.29, 0.717) is 22.9 Å². The minimum Gasteiger partial charge on any atom is -0.526 e. The summed E-state index contributed by atoms with van der Waals surface area (Å²) in [5.41, 5.74) is 2.62. The van der Waals surface area contributed by atoms with Crippen LogP contribution in [0.1, 0.15) is 36.8 Å². The Balaban J connectivity index is 1.21. The van der Waals surface area contributed by atoms with Crippen molar-refractivity contribution in [1.82, 2.24) is 0 Å². The van der Waals surface area contributed by atoms with E-state index in [9.17, 15) is 18.4 Å². The molecule has 4 aromatic rings. The van der Waals surface area contributed by atoms with Gasteiger partial charge in [-0.2, -0.15) is 0 Å². The van der Waals surface area contributed by atoms with E-state index in [1.807, 2.05) is 0 Å². The number of anilines is 2. The lowest BCUT2D eigenvalue weighted by Gasteiger charge is -2.13. The summed E-state index contributed by atoms with van der Waals surface area (Å²) >= 11 is 0. The van der Waals surface area contributed by atoms with Crippen LogP contribution < -0.4 is 19.9 Å². The largest absolute Gasteiger partial charge is 0.658 e. The summed E-state index contributed by atoms with van der Waals surface area (Å²) in [4.78, 5) is 25.0. The molecule has 0 aliphatic rings. The maximum atomic E-state index is 13.1. The molecule has 0 spiro atoms. The molecule has 0 fully saturated rings. The molecule has 0 saturated heterocycles. The Labute approximate surface area is 226 Å². The van der Waals surface area contributed by atoms with Crippen LogP contribution in [0.15, 0.2) is 97.1 Å². The first-order chi connectivity index (χ1) is 18.8. The minimum absolute atomic E-state index is 0.213. The average Bonchev–Trinajstić information content (AvgIpc) is 2.95. The smallest absolute Gasteiger partial charge is 0.526 e. The third-order valence-electron chi connectivity index (χ3n) is 6.14. The van der Waals surface area contributed by atoms with E-state index < -0.39 is 11.8 Å². The van der Waals surface area contributed by atoms with E-state index in [4.69, 9.17) is 9.31 Å². The second-order valence-electron chi connectivity index (χ2n) is 8.91. The summed E-state index contributed by atoms with van der Waals surface area (Å²) < 4.78 is 37.2. The van der Waals surface area contributed by atoms with Gasteiger partial charge in [0.05, 0.1) is 11.8 Å². The fraction of sp³-hybridized carbons (Fsp3) is 0.133. The van der Waals surface area contributed by atoms with Crippen molar-refractivity contribution in [1.29, 1.82) is 0 Å². The van der Waals surface area contributed by atoms with Gasteiger partial charge in [0.25, 0.3) is 0 Å². The van der Waals surface area contributed by atoms with Gasteiger partial charge in [0.2, 0.25) is 11.8 Å². The van der Waals surface area contributed by atoms with Crippen molar-refractivity contribution in [3.8, 4) is 11.5 Å². The third kappa shape index (κ3) is 7.67. The van der Waals surface area contributed by atoms with Crippen LogP contribution >= 0.6 is 0 Å². The number of carbonyl (C=O) groups excluding carboxylic acids is 2. The third-order valence-corrected chi connectivity index (χ3v) is 6.14. The van der Waals surface area contributed by atoms with E-state index in [0.717, 1.165) is 11.1 Å². The molecule has 197 valence electrons. The van der Waals surface area contributed by atoms with Gasteiger partial charge in [0.1, 0.15) is 23.1 Å². The molecule has 2 atom stereocenters. The fourth-order valence-corrected chi connectivity index (χ4v) is 3.68. The lowest BCUT2D eigenvalue weighted by molar-refractivity contribution is -0.118. The zero-order valence-corrected chi connectivity index (χ0v) is 21.4. The average molecular weight is 527 g/mol. The monoisotopic (exact) mass is 527 g/mol. The summed E-state index contributed by atoms with van der Waals surface area (Å²) in [5, 5.41) is 5.65. The second kappa shape index (κ2) is 12.7. The number of rotatable bonds is 10. The lowest BCUT2D eigenvalue weighted by Crippen LogP contribution is -2.19. The van der Waals surface area contributed by atoms with Gasteiger partial charge in [0.15, 0.2) is 0 Å². The molecule has 0 bridgehead atoms. The Morgan fingerprint density at radius 1 is 0.590 bits per heavy atom. The normalized spacial score (nSPS) is 12.1. The molecule has 0 unspecified atom stereocenters. The first kappa shape index (κ1) is 27.4. The molecule has 0 saturated carbocycles. The first-order valence-corrected chi connectivity index (χ1v) is 12.3. The van der Waals surface area contributed by atoms with Gasteiger partial charge >= 0.3 is 7.69 Å². The van der Waals surface area contributed by atoms with Gasteiger partial charge in [-0.15, -0.1) is 0 Å². The van der Waals surface area contributed by atoms with E-state index in [1.54, 1.807) is 86.6 Å². The summed E-state index contributed by atoms with van der Waals surface area (Å²) in [7, 11) is 1.17. The van der Waals surface area contributed by atoms with E-state index >= 15 is 0 Å². The number of amides is 2. The molecule has 1 radical (unpaired) electrons. The molecule has 2 amide bonds. The number of carbonyl (C=O) groups is 2. The van der Waals surface area contributed by atoms with Crippen LogP contribution in [0.2, 0.25) is 0 Å². The fourth-order valence-electron chi connectivity index (χ4n) is 3.68. The van der Waals surface area contributed by atoms with Crippen LogP contribution in [0.5, 0.6) is 11.5 Å². The molecular weight excluding hydrogens is 501 g/mol. The Kier molecular flexibility index (Phi) is 8.94. The highest BCUT2D eigenvalue weighted by atomic mass is 19.1. The van der Waals surface area contributed by atoms with Gasteiger partial charge in [0, 0.05) is 11.4 Å². The number of halogens is 2. The van der Waals surface area contributed by atoms with Gasteiger partial charge in [-0.1, -0.05) is 24.3 Å². The van der Waals surface area contributed by atoms with E-state index in [1.165, 1.54) is 32.0 Å². The quantitative estimate of drug-likeness (QED) is 0.233. The second-order valence-corrected chi connectivity index (χ2v) is 8.91. The van der Waals surface area contributed by atoms with Crippen molar-refractivity contribution in [3.05, 3.63) is 120 Å². The zero-order valence-electron chi connectivity index (χ0n) is 21.4. The number of benzene rings is 4. The highest BCUT2D eigenvalue weighted by Gasteiger charge is 2.17. The minimum atomic E-state index is -0.443. The predicted octanol–water partition coefficient (Wildman–Crippen LogP) is 6.44. The lowest BCUT2D eigenvalue weighted by atomic mass is 10.0. The SMILES string of the molecule is C[C@@H](C(=O)Nc1ccc(O[B]Oc2ccc(NC(=O)[C@H](C)c3ccc(F)cc3)cc2)cc1)c1ccc(F)cc1. The molecule has 6 nitrogen and oxygen atoms in total. The van der Waals surface area contributed by atoms with Crippen molar-refractivity contribution >= 4 is 30.9 Å². The van der Waals surface area contributed by atoms with Crippen LogP contribution in [0.25, 0.3) is 0 Å². The molecule has 39 heavy (non-hydrogen) atoms. The molecule has 0 heterocycles. The van der Waals surface area contributed by atoms with Crippen molar-refractivity contribution in [3.63, 3.8) is 0 Å². The Morgan fingerprint density at radius 3 is 1.26 bits per heavy atom. The summed E-state index contributed by atoms with van der Waals surface area (Å²) in [6.07, 6.45) is 0. The summed E-state index contributed by atoms with van der Waals surface area (Å²) in [6.45, 7) is 3.50. The molecule has 0 aromatic heterocycles. The number of nitrogens with one attached hydrogen (secondary N) is 2. The maximum absolute atomic E-state index is 13.1. The van der Waals surface area contributed by atoms with E-state index in [-0.39, 0.29) is 23.4 Å². The molecule has 2 N–H and O–H groups in total. The van der Waals surface area contributed by atoms with Crippen molar-refractivity contribution < 1.29 is 27.7 Å². The highest BCUT2D eigenvalue weighted by molar-refractivity contribution is 6.20. The van der Waals surface area contributed by atoms with Crippen LogP contribution in [-0.2, 0) is 9.59 Å². The number of hydrogen-bond acceptors (Lipinski definition) is 4. The van der Waals surface area contributed by atoms with Crippen molar-refractivity contribution in [2.75, 3.05) is 10.6 Å². The van der Waals surface area contributed by atoms with Gasteiger partial charge < -0.3 is 19.9 Å². The van der Waals surface area contributed by atoms with Crippen LogP contribution in [-0.4, -0.2) is 19.5 Å². The molecule has 0 aliphatic heterocycles. The zero-order chi connectivity index (χ0) is 27.8. The molecule has 0 aliphatic carbocycles. The predicted molar refractivity (Wildman–Crippen MR) is 147 cm³/mol. The van der Waals surface area contributed by atoms with Gasteiger partial charge in [-0.3, -0.25) is 9.59 Å². The van der Waals surface area contributed by atoms with Crippen molar-refractivity contribution in [2.45, 2.75) is 25.7 Å². The maximum Gasteiger partial charge on any atom is 0.658 e. The van der Waals surface area contributed by atoms with Crippen LogP contribution in [0.3, 0.4) is 0 Å². The van der Waals surface area contributed by atoms with Crippen LogP contribution in [0.4, 0.5) is 20.2 Å². The van der Waals surface area contributed by atoms with Crippen molar-refractivity contribution in [2.24, 2.45) is 0 Å². The Morgan fingerprint density at radius 2 is 0.923 bits per heavy atom. The number of hydrogen-bond donors (Lipinski definition) is 2. The Hall–Kier alpha value is -4.66.